The molecule has 21 heavy (non-hydrogen) atoms. The molecular weight excluding hydrogens is 262 g/mol. The minimum Gasteiger partial charge on any atom is -0.394 e. The summed E-state index contributed by atoms with van der Waals surface area (Å²) in [4.78, 5) is 2.37. The zero-order chi connectivity index (χ0) is 14.8. The SMILES string of the molecule is CCc1nn(C)cc1CN1CCc2ccccc2C1CO. The van der Waals surface area contributed by atoms with Crippen molar-refractivity contribution in [3.63, 3.8) is 0 Å². The Hall–Kier alpha value is -1.65. The lowest BCUT2D eigenvalue weighted by molar-refractivity contribution is 0.108. The summed E-state index contributed by atoms with van der Waals surface area (Å²) >= 11 is 0. The predicted molar refractivity (Wildman–Crippen MR) is 83.0 cm³/mol. The first-order chi connectivity index (χ1) is 10.2. The van der Waals surface area contributed by atoms with Crippen LogP contribution in [0.1, 0.15) is 35.3 Å². The molecule has 0 saturated carbocycles. The molecule has 112 valence electrons. The Kier molecular flexibility index (Phi) is 4.08. The largest absolute Gasteiger partial charge is 0.394 e. The van der Waals surface area contributed by atoms with Crippen LogP contribution in [0.15, 0.2) is 30.5 Å². The van der Waals surface area contributed by atoms with Crippen molar-refractivity contribution in [3.8, 4) is 0 Å². The molecule has 1 aromatic heterocycles. The van der Waals surface area contributed by atoms with Crippen molar-refractivity contribution in [2.24, 2.45) is 7.05 Å². The molecule has 1 aliphatic heterocycles. The highest BCUT2D eigenvalue weighted by molar-refractivity contribution is 5.33. The summed E-state index contributed by atoms with van der Waals surface area (Å²) < 4.78 is 1.89. The van der Waals surface area contributed by atoms with Gasteiger partial charge in [0.15, 0.2) is 0 Å². The molecule has 4 heteroatoms. The van der Waals surface area contributed by atoms with Crippen LogP contribution in [0.5, 0.6) is 0 Å². The summed E-state index contributed by atoms with van der Waals surface area (Å²) in [5.41, 5.74) is 5.08. The van der Waals surface area contributed by atoms with Crippen molar-refractivity contribution in [1.82, 2.24) is 14.7 Å². The first-order valence-corrected chi connectivity index (χ1v) is 7.67. The average molecular weight is 285 g/mol. The van der Waals surface area contributed by atoms with Gasteiger partial charge in [-0.2, -0.15) is 5.10 Å². The second-order valence-corrected chi connectivity index (χ2v) is 5.75. The normalized spacial score (nSPS) is 18.7. The van der Waals surface area contributed by atoms with Crippen LogP contribution < -0.4 is 0 Å². The summed E-state index contributed by atoms with van der Waals surface area (Å²) in [6.07, 6.45) is 4.10. The molecule has 0 bridgehead atoms. The molecular formula is C17H23N3O. The lowest BCUT2D eigenvalue weighted by Crippen LogP contribution is -2.37. The average Bonchev–Trinajstić information content (AvgIpc) is 2.86. The van der Waals surface area contributed by atoms with Gasteiger partial charge in [0.1, 0.15) is 0 Å². The maximum absolute atomic E-state index is 9.86. The molecule has 1 atom stereocenters. The number of fused-ring (bicyclic) bond motifs is 1. The number of hydrogen-bond acceptors (Lipinski definition) is 3. The molecule has 0 fully saturated rings. The van der Waals surface area contributed by atoms with Crippen LogP contribution in [0.25, 0.3) is 0 Å². The smallest absolute Gasteiger partial charge is 0.0666 e. The predicted octanol–water partition coefficient (Wildman–Crippen LogP) is 2.07. The maximum Gasteiger partial charge on any atom is 0.0666 e. The van der Waals surface area contributed by atoms with E-state index in [9.17, 15) is 5.11 Å². The van der Waals surface area contributed by atoms with Gasteiger partial charge in [0.25, 0.3) is 0 Å². The number of aliphatic hydroxyl groups excluding tert-OH is 1. The van der Waals surface area contributed by atoms with Gasteiger partial charge in [-0.25, -0.2) is 0 Å². The van der Waals surface area contributed by atoms with Gasteiger partial charge in [0.2, 0.25) is 0 Å². The fraction of sp³-hybridized carbons (Fsp3) is 0.471. The van der Waals surface area contributed by atoms with Gasteiger partial charge in [-0.1, -0.05) is 31.2 Å². The topological polar surface area (TPSA) is 41.3 Å². The number of hydrogen-bond donors (Lipinski definition) is 1. The molecule has 1 N–H and O–H groups in total. The Morgan fingerprint density at radius 2 is 2.14 bits per heavy atom. The highest BCUT2D eigenvalue weighted by atomic mass is 16.3. The van der Waals surface area contributed by atoms with Crippen molar-refractivity contribution in [3.05, 3.63) is 52.8 Å². The molecule has 0 radical (unpaired) electrons. The minimum atomic E-state index is 0.0971. The Morgan fingerprint density at radius 3 is 2.90 bits per heavy atom. The van der Waals surface area contributed by atoms with E-state index in [4.69, 9.17) is 0 Å². The lowest BCUT2D eigenvalue weighted by Gasteiger charge is -2.36. The first kappa shape index (κ1) is 14.3. The van der Waals surface area contributed by atoms with E-state index < -0.39 is 0 Å². The molecule has 0 saturated heterocycles. The van der Waals surface area contributed by atoms with Gasteiger partial charge in [-0.15, -0.1) is 0 Å². The van der Waals surface area contributed by atoms with Crippen molar-refractivity contribution < 1.29 is 5.11 Å². The van der Waals surface area contributed by atoms with E-state index >= 15 is 0 Å². The monoisotopic (exact) mass is 285 g/mol. The van der Waals surface area contributed by atoms with Crippen LogP contribution >= 0.6 is 0 Å². The van der Waals surface area contributed by atoms with Crippen LogP contribution in [0, 0.1) is 0 Å². The second-order valence-electron chi connectivity index (χ2n) is 5.75. The Morgan fingerprint density at radius 1 is 1.33 bits per heavy atom. The standard InChI is InChI=1S/C17H23N3O/c1-3-16-14(10-19(2)18-16)11-20-9-8-13-6-4-5-7-15(13)17(20)12-21/h4-7,10,17,21H,3,8-9,11-12H2,1-2H3. The summed E-state index contributed by atoms with van der Waals surface area (Å²) in [6.45, 7) is 4.15. The summed E-state index contributed by atoms with van der Waals surface area (Å²) in [5, 5.41) is 14.4. The van der Waals surface area contributed by atoms with Crippen molar-refractivity contribution in [1.29, 1.82) is 0 Å². The second kappa shape index (κ2) is 6.00. The molecule has 0 amide bonds. The molecule has 4 nitrogen and oxygen atoms in total. The maximum atomic E-state index is 9.86. The van der Waals surface area contributed by atoms with Crippen molar-refractivity contribution in [2.45, 2.75) is 32.4 Å². The van der Waals surface area contributed by atoms with Gasteiger partial charge in [0.05, 0.1) is 18.3 Å². The Labute approximate surface area is 126 Å². The minimum absolute atomic E-state index is 0.0971. The van der Waals surface area contributed by atoms with Crippen LogP contribution in [0.3, 0.4) is 0 Å². The molecule has 1 unspecified atom stereocenters. The summed E-state index contributed by atoms with van der Waals surface area (Å²) in [6, 6.07) is 8.56. The molecule has 1 aromatic carbocycles. The zero-order valence-corrected chi connectivity index (χ0v) is 12.8. The van der Waals surface area contributed by atoms with Crippen molar-refractivity contribution in [2.75, 3.05) is 13.2 Å². The summed E-state index contributed by atoms with van der Waals surface area (Å²) in [5.74, 6) is 0. The molecule has 0 aliphatic carbocycles. The number of aliphatic hydroxyl groups is 1. The highest BCUT2D eigenvalue weighted by Crippen LogP contribution is 2.30. The van der Waals surface area contributed by atoms with Crippen LogP contribution in [0.2, 0.25) is 0 Å². The van der Waals surface area contributed by atoms with Crippen LogP contribution in [-0.4, -0.2) is 32.9 Å². The fourth-order valence-electron chi connectivity index (χ4n) is 3.34. The van der Waals surface area contributed by atoms with Crippen LogP contribution in [0.4, 0.5) is 0 Å². The van der Waals surface area contributed by atoms with E-state index in [1.165, 1.54) is 16.7 Å². The van der Waals surface area contributed by atoms with E-state index in [-0.39, 0.29) is 12.6 Å². The molecule has 0 spiro atoms. The van der Waals surface area contributed by atoms with Gasteiger partial charge in [-0.05, 0) is 24.0 Å². The van der Waals surface area contributed by atoms with Gasteiger partial charge in [0, 0.05) is 31.9 Å². The fourth-order valence-corrected chi connectivity index (χ4v) is 3.34. The first-order valence-electron chi connectivity index (χ1n) is 7.67. The third-order valence-electron chi connectivity index (χ3n) is 4.40. The quantitative estimate of drug-likeness (QED) is 0.935. The molecule has 3 rings (SSSR count). The number of aromatic nitrogens is 2. The van der Waals surface area contributed by atoms with Crippen molar-refractivity contribution >= 4 is 0 Å². The number of nitrogens with zero attached hydrogens (tertiary/aromatic N) is 3. The molecule has 1 aliphatic rings. The molecule has 2 heterocycles. The van der Waals surface area contributed by atoms with E-state index in [1.807, 2.05) is 11.7 Å². The Balaban J connectivity index is 1.86. The van der Waals surface area contributed by atoms with E-state index in [0.29, 0.717) is 0 Å². The van der Waals surface area contributed by atoms with Gasteiger partial charge >= 0.3 is 0 Å². The van der Waals surface area contributed by atoms with E-state index in [1.54, 1.807) is 0 Å². The lowest BCUT2D eigenvalue weighted by atomic mass is 9.92. The van der Waals surface area contributed by atoms with E-state index in [0.717, 1.165) is 31.6 Å². The third kappa shape index (κ3) is 2.74. The van der Waals surface area contributed by atoms with Crippen LogP contribution in [-0.2, 0) is 26.4 Å². The molecule has 2 aromatic rings. The zero-order valence-electron chi connectivity index (χ0n) is 12.8. The van der Waals surface area contributed by atoms with E-state index in [2.05, 4.69) is 47.4 Å². The van der Waals surface area contributed by atoms with Gasteiger partial charge < -0.3 is 5.11 Å². The number of aryl methyl sites for hydroxylation is 2. The third-order valence-corrected chi connectivity index (χ3v) is 4.40. The Bertz CT molecular complexity index is 620. The number of benzene rings is 1. The summed E-state index contributed by atoms with van der Waals surface area (Å²) in [7, 11) is 1.97. The highest BCUT2D eigenvalue weighted by Gasteiger charge is 2.27. The number of rotatable bonds is 4. The van der Waals surface area contributed by atoms with Gasteiger partial charge in [-0.3, -0.25) is 9.58 Å².